The first kappa shape index (κ1) is 16.2. The summed E-state index contributed by atoms with van der Waals surface area (Å²) < 4.78 is -0.665. The van der Waals surface area contributed by atoms with E-state index < -0.39 is 10.4 Å². The minimum Gasteiger partial charge on any atom is -0.373 e. The Balaban J connectivity index is 0. The topological polar surface area (TPSA) is 131 Å². The molecular formula is C7H13BrN5O2-. The number of rotatable bonds is 3. The van der Waals surface area contributed by atoms with Crippen LogP contribution in [0.5, 0.6) is 0 Å². The fraction of sp³-hybridized carbons (Fsp3) is 0.714. The first-order valence-electron chi connectivity index (χ1n) is 4.16. The summed E-state index contributed by atoms with van der Waals surface area (Å²) in [7, 11) is 0. The quantitative estimate of drug-likeness (QED) is 0.354. The molecule has 8 heteroatoms. The second-order valence-corrected chi connectivity index (χ2v) is 4.10. The van der Waals surface area contributed by atoms with Crippen molar-refractivity contribution in [2.24, 2.45) is 5.73 Å². The molecule has 0 atom stereocenters. The average molecular weight is 279 g/mol. The number of nitrogens with two attached hydrogens (primary N) is 1. The Hall–Kier alpha value is -1.27. The molecule has 0 heterocycles. The molecule has 15 heavy (non-hydrogen) atoms. The second-order valence-electron chi connectivity index (χ2n) is 2.58. The second kappa shape index (κ2) is 8.07. The largest absolute Gasteiger partial charge is 0.373 e. The minimum absolute atomic E-state index is 0.375. The highest BCUT2D eigenvalue weighted by atomic mass is 79.9. The molecule has 0 aliphatic rings. The van der Waals surface area contributed by atoms with E-state index in [0.29, 0.717) is 12.8 Å². The maximum Gasteiger partial charge on any atom is 0.318 e. The standard InChI is InChI=1S/C7H13BrN2O2.N3/c1-3-7(8,4-2)5(11)10-6(9)12;1-3-2/h3-4H2,1-2H3,(H3,9,10,11,12);/q;-1. The summed E-state index contributed by atoms with van der Waals surface area (Å²) in [5.41, 5.74) is 18.3. The molecule has 3 amide bonds. The molecule has 0 rings (SSSR count). The van der Waals surface area contributed by atoms with Crippen LogP contribution in [-0.2, 0) is 4.79 Å². The van der Waals surface area contributed by atoms with Crippen molar-refractivity contribution in [3.63, 3.8) is 0 Å². The Kier molecular flexibility index (Phi) is 8.70. The van der Waals surface area contributed by atoms with Gasteiger partial charge in [-0.2, -0.15) is 0 Å². The van der Waals surface area contributed by atoms with Gasteiger partial charge in [-0.3, -0.25) is 15.0 Å². The number of nitrogens with one attached hydrogen (secondary N) is 1. The van der Waals surface area contributed by atoms with E-state index in [1.165, 1.54) is 4.91 Å². The summed E-state index contributed by atoms with van der Waals surface area (Å²) in [5, 5.41) is 2.04. The van der Waals surface area contributed by atoms with Crippen LogP contribution < -0.4 is 11.1 Å². The van der Waals surface area contributed by atoms with E-state index in [9.17, 15) is 9.59 Å². The first-order chi connectivity index (χ1) is 6.87. The Morgan fingerprint density at radius 3 is 1.93 bits per heavy atom. The van der Waals surface area contributed by atoms with Gasteiger partial charge in [0.25, 0.3) is 0 Å². The maximum absolute atomic E-state index is 11.3. The van der Waals surface area contributed by atoms with Gasteiger partial charge in [0.05, 0.1) is 0 Å². The summed E-state index contributed by atoms with van der Waals surface area (Å²) in [6.07, 6.45) is 1.23. The lowest BCUT2D eigenvalue weighted by Gasteiger charge is -2.21. The van der Waals surface area contributed by atoms with E-state index in [4.69, 9.17) is 16.8 Å². The summed E-state index contributed by atoms with van der Waals surface area (Å²) in [5.74, 6) is -0.375. The van der Waals surface area contributed by atoms with Crippen molar-refractivity contribution < 1.29 is 9.59 Å². The lowest BCUT2D eigenvalue weighted by Crippen LogP contribution is -2.46. The number of nitrogens with zero attached hydrogens (tertiary/aromatic N) is 3. The lowest BCUT2D eigenvalue weighted by atomic mass is 10.0. The van der Waals surface area contributed by atoms with Crippen LogP contribution >= 0.6 is 15.9 Å². The van der Waals surface area contributed by atoms with E-state index in [2.05, 4.69) is 15.9 Å². The zero-order valence-electron chi connectivity index (χ0n) is 8.53. The summed E-state index contributed by atoms with van der Waals surface area (Å²) in [4.78, 5) is 23.1. The molecule has 0 aromatic rings. The Morgan fingerprint density at radius 2 is 1.73 bits per heavy atom. The number of primary amides is 1. The zero-order valence-corrected chi connectivity index (χ0v) is 10.1. The van der Waals surface area contributed by atoms with Gasteiger partial charge < -0.3 is 16.8 Å². The monoisotopic (exact) mass is 278 g/mol. The minimum atomic E-state index is -0.814. The smallest absolute Gasteiger partial charge is 0.318 e. The van der Waals surface area contributed by atoms with Crippen LogP contribution in [0.15, 0.2) is 0 Å². The molecule has 0 radical (unpaired) electrons. The van der Waals surface area contributed by atoms with Gasteiger partial charge in [-0.15, -0.1) is 0 Å². The molecule has 0 saturated carbocycles. The third-order valence-electron chi connectivity index (χ3n) is 1.76. The average Bonchev–Trinajstić information content (AvgIpc) is 2.16. The summed E-state index contributed by atoms with van der Waals surface area (Å²) in [6, 6.07) is -0.814. The van der Waals surface area contributed by atoms with Crippen molar-refractivity contribution in [1.82, 2.24) is 5.32 Å². The third kappa shape index (κ3) is 6.75. The van der Waals surface area contributed by atoms with Crippen molar-refractivity contribution >= 4 is 27.9 Å². The summed E-state index contributed by atoms with van der Waals surface area (Å²) in [6.45, 7) is 3.72. The van der Waals surface area contributed by atoms with Crippen molar-refractivity contribution in [3.05, 3.63) is 16.0 Å². The molecule has 0 aromatic carbocycles. The number of imide groups is 1. The number of urea groups is 1. The van der Waals surface area contributed by atoms with Gasteiger partial charge in [0.2, 0.25) is 5.91 Å². The zero-order chi connectivity index (χ0) is 12.5. The van der Waals surface area contributed by atoms with Crippen LogP contribution in [0.1, 0.15) is 26.7 Å². The van der Waals surface area contributed by atoms with E-state index in [1.54, 1.807) is 0 Å². The fourth-order valence-corrected chi connectivity index (χ4v) is 0.894. The molecule has 86 valence electrons. The van der Waals surface area contributed by atoms with Gasteiger partial charge in [-0.1, -0.05) is 29.8 Å². The van der Waals surface area contributed by atoms with Gasteiger partial charge in [0.15, 0.2) is 0 Å². The number of hydrogen-bond donors (Lipinski definition) is 2. The molecule has 0 unspecified atom stereocenters. The lowest BCUT2D eigenvalue weighted by molar-refractivity contribution is -0.122. The van der Waals surface area contributed by atoms with Gasteiger partial charge in [0.1, 0.15) is 4.32 Å². The van der Waals surface area contributed by atoms with Crippen LogP contribution in [-0.4, -0.2) is 16.3 Å². The number of alkyl halides is 1. The van der Waals surface area contributed by atoms with Crippen LogP contribution in [0.3, 0.4) is 0 Å². The van der Waals surface area contributed by atoms with Gasteiger partial charge in [-0.25, -0.2) is 4.79 Å². The van der Waals surface area contributed by atoms with Crippen molar-refractivity contribution in [1.29, 1.82) is 0 Å². The number of hydrogen-bond acceptors (Lipinski definition) is 2. The van der Waals surface area contributed by atoms with Gasteiger partial charge in [-0.05, 0) is 12.8 Å². The van der Waals surface area contributed by atoms with Gasteiger partial charge in [0, 0.05) is 0 Å². The molecule has 0 fully saturated rings. The maximum atomic E-state index is 11.3. The Bertz CT molecular complexity index is 258. The SMILES string of the molecule is CCC(Br)(CC)C(=O)NC(N)=O.[N-]=[N+]=[N-]. The predicted molar refractivity (Wildman–Crippen MR) is 60.0 cm³/mol. The Morgan fingerprint density at radius 1 is 1.40 bits per heavy atom. The fourth-order valence-electron chi connectivity index (χ4n) is 0.795. The van der Waals surface area contributed by atoms with Crippen molar-refractivity contribution in [3.8, 4) is 0 Å². The highest BCUT2D eigenvalue weighted by Gasteiger charge is 2.32. The van der Waals surface area contributed by atoms with Crippen molar-refractivity contribution in [2.75, 3.05) is 0 Å². The van der Waals surface area contributed by atoms with Crippen LogP contribution in [0.2, 0.25) is 0 Å². The molecule has 0 bridgehead atoms. The first-order valence-corrected chi connectivity index (χ1v) is 4.95. The van der Waals surface area contributed by atoms with E-state index in [1.807, 2.05) is 19.2 Å². The molecule has 3 N–H and O–H groups in total. The Labute approximate surface area is 95.9 Å². The van der Waals surface area contributed by atoms with E-state index in [-0.39, 0.29) is 5.91 Å². The summed E-state index contributed by atoms with van der Waals surface area (Å²) >= 11 is 3.26. The highest BCUT2D eigenvalue weighted by Crippen LogP contribution is 2.26. The molecule has 0 spiro atoms. The molecule has 0 saturated heterocycles. The third-order valence-corrected chi connectivity index (χ3v) is 3.25. The van der Waals surface area contributed by atoms with E-state index in [0.717, 1.165) is 0 Å². The highest BCUT2D eigenvalue weighted by molar-refractivity contribution is 9.10. The number of halogens is 1. The number of carbonyl (C=O) groups is 2. The molecule has 0 aromatic heterocycles. The van der Waals surface area contributed by atoms with Crippen LogP contribution in [0.4, 0.5) is 4.79 Å². The van der Waals surface area contributed by atoms with E-state index >= 15 is 0 Å². The van der Waals surface area contributed by atoms with Crippen LogP contribution in [0.25, 0.3) is 16.0 Å². The van der Waals surface area contributed by atoms with Gasteiger partial charge >= 0.3 is 6.03 Å². The van der Waals surface area contributed by atoms with Crippen molar-refractivity contribution in [2.45, 2.75) is 31.0 Å². The number of amides is 3. The molecular weight excluding hydrogens is 266 g/mol. The normalized spacial score (nSPS) is 9.27. The molecule has 7 nitrogen and oxygen atoms in total. The predicted octanol–water partition coefficient (Wildman–Crippen LogP) is 2.00. The van der Waals surface area contributed by atoms with Crippen LogP contribution in [0, 0.1) is 0 Å². The molecule has 0 aliphatic heterocycles. The number of carbonyl (C=O) groups excluding carboxylic acids is 2. The molecule has 0 aliphatic carbocycles.